The van der Waals surface area contributed by atoms with Gasteiger partial charge in [-0.05, 0) is 23.7 Å². The van der Waals surface area contributed by atoms with Gasteiger partial charge in [0.1, 0.15) is 24.2 Å². The third-order valence-electron chi connectivity index (χ3n) is 1.87. The molecule has 0 atom stereocenters. The molecule has 2 rings (SSSR count). The van der Waals surface area contributed by atoms with Gasteiger partial charge in [0.25, 0.3) is 0 Å². The Hall–Kier alpha value is -1.71. The molecule has 0 bridgehead atoms. The summed E-state index contributed by atoms with van der Waals surface area (Å²) in [7, 11) is 0. The third kappa shape index (κ3) is 2.90. The van der Waals surface area contributed by atoms with Crippen LogP contribution in [0.25, 0.3) is 0 Å². The molecule has 4 nitrogen and oxygen atoms in total. The molecule has 1 heterocycles. The van der Waals surface area contributed by atoms with Gasteiger partial charge in [-0.1, -0.05) is 11.3 Å². The lowest BCUT2D eigenvalue weighted by Crippen LogP contribution is -1.96. The van der Waals surface area contributed by atoms with Gasteiger partial charge in [0.05, 0.1) is 5.56 Å². The Morgan fingerprint density at radius 1 is 1.47 bits per heavy atom. The lowest BCUT2D eigenvalue weighted by molar-refractivity contribution is 0.303. The Kier molecular flexibility index (Phi) is 3.52. The lowest BCUT2D eigenvalue weighted by atomic mass is 10.2. The van der Waals surface area contributed by atoms with Crippen LogP contribution in [0.5, 0.6) is 5.75 Å². The Labute approximate surface area is 105 Å². The molecule has 0 saturated heterocycles. The molecule has 0 N–H and O–H groups in total. The highest BCUT2D eigenvalue weighted by Crippen LogP contribution is 2.19. The number of ether oxygens (including phenoxy) is 1. The molecule has 2 aromatic rings. The fraction of sp³-hybridized carbons (Fsp3) is 0.100. The molecule has 0 aliphatic rings. The average molecular weight is 270 g/mol. The molecule has 1 aromatic carbocycles. The van der Waals surface area contributed by atoms with E-state index in [1.54, 1.807) is 6.07 Å². The van der Waals surface area contributed by atoms with E-state index in [1.807, 2.05) is 0 Å². The Balaban J connectivity index is 2.05. The van der Waals surface area contributed by atoms with Gasteiger partial charge in [-0.15, -0.1) is 10.2 Å². The van der Waals surface area contributed by atoms with Crippen molar-refractivity contribution in [2.24, 2.45) is 0 Å². The Morgan fingerprint density at radius 3 is 2.88 bits per heavy atom. The number of aromatic nitrogens is 2. The fourth-order valence-electron chi connectivity index (χ4n) is 1.11. The Morgan fingerprint density at radius 2 is 2.29 bits per heavy atom. The van der Waals surface area contributed by atoms with Crippen LogP contribution in [0.2, 0.25) is 4.47 Å². The van der Waals surface area contributed by atoms with Crippen molar-refractivity contribution in [1.82, 2.24) is 10.2 Å². The molecule has 86 valence electrons. The number of halogens is 2. The van der Waals surface area contributed by atoms with Crippen LogP contribution in [0, 0.1) is 17.1 Å². The van der Waals surface area contributed by atoms with Gasteiger partial charge < -0.3 is 4.74 Å². The van der Waals surface area contributed by atoms with Crippen molar-refractivity contribution in [2.45, 2.75) is 6.61 Å². The first kappa shape index (κ1) is 11.8. The molecular formula is C10H5ClFN3OS. The smallest absolute Gasteiger partial charge is 0.207 e. The predicted molar refractivity (Wildman–Crippen MR) is 60.4 cm³/mol. The SMILES string of the molecule is N#Cc1ccc(OCc2nnc(Cl)s2)cc1F. The number of nitrogens with zero attached hydrogens (tertiary/aromatic N) is 3. The minimum Gasteiger partial charge on any atom is -0.486 e. The maximum atomic E-state index is 13.2. The van der Waals surface area contributed by atoms with Gasteiger partial charge >= 0.3 is 0 Å². The van der Waals surface area contributed by atoms with Gasteiger partial charge in [0.2, 0.25) is 4.47 Å². The second kappa shape index (κ2) is 5.08. The first-order chi connectivity index (χ1) is 8.19. The molecule has 0 aliphatic carbocycles. The number of nitriles is 1. The van der Waals surface area contributed by atoms with Gasteiger partial charge in [-0.3, -0.25) is 0 Å². The summed E-state index contributed by atoms with van der Waals surface area (Å²) in [5.41, 5.74) is -0.0173. The fourth-order valence-corrected chi connectivity index (χ4v) is 1.89. The summed E-state index contributed by atoms with van der Waals surface area (Å²) in [6.07, 6.45) is 0. The van der Waals surface area contributed by atoms with Gasteiger partial charge in [-0.2, -0.15) is 5.26 Å². The first-order valence-corrected chi connectivity index (χ1v) is 5.69. The second-order valence-electron chi connectivity index (χ2n) is 2.99. The molecule has 17 heavy (non-hydrogen) atoms. The van der Waals surface area contributed by atoms with Crippen molar-refractivity contribution in [3.05, 3.63) is 39.1 Å². The minimum absolute atomic E-state index is 0.0173. The van der Waals surface area contributed by atoms with Crippen LogP contribution in [-0.4, -0.2) is 10.2 Å². The molecule has 0 spiro atoms. The van der Waals surface area contributed by atoms with Gasteiger partial charge in [0, 0.05) is 6.07 Å². The van der Waals surface area contributed by atoms with Crippen molar-refractivity contribution >= 4 is 22.9 Å². The van der Waals surface area contributed by atoms with Crippen molar-refractivity contribution in [3.63, 3.8) is 0 Å². The summed E-state index contributed by atoms with van der Waals surface area (Å²) >= 11 is 6.79. The maximum Gasteiger partial charge on any atom is 0.207 e. The first-order valence-electron chi connectivity index (χ1n) is 4.49. The quantitative estimate of drug-likeness (QED) is 0.860. The lowest BCUT2D eigenvalue weighted by Gasteiger charge is -2.03. The summed E-state index contributed by atoms with van der Waals surface area (Å²) in [5.74, 6) is -0.284. The van der Waals surface area contributed by atoms with E-state index in [4.69, 9.17) is 21.6 Å². The molecule has 0 fully saturated rings. The van der Waals surface area contributed by atoms with Crippen LogP contribution < -0.4 is 4.74 Å². The van der Waals surface area contributed by atoms with E-state index in [1.165, 1.54) is 23.5 Å². The standard InChI is InChI=1S/C10H5ClFN3OS/c11-10-15-14-9(17-10)5-16-7-2-1-6(4-13)8(12)3-7/h1-3H,5H2. The Bertz CT molecular complexity index is 581. The summed E-state index contributed by atoms with van der Waals surface area (Å²) in [5, 5.41) is 16.5. The van der Waals surface area contributed by atoms with Crippen LogP contribution in [0.1, 0.15) is 10.6 Å². The molecule has 0 amide bonds. The predicted octanol–water partition coefficient (Wildman–Crippen LogP) is 2.78. The van der Waals surface area contributed by atoms with Gasteiger partial charge in [0.15, 0.2) is 5.01 Å². The molecule has 0 unspecified atom stereocenters. The van der Waals surface area contributed by atoms with Crippen molar-refractivity contribution in [2.75, 3.05) is 0 Å². The molecule has 0 radical (unpaired) electrons. The zero-order valence-electron chi connectivity index (χ0n) is 8.35. The summed E-state index contributed by atoms with van der Waals surface area (Å²) in [4.78, 5) is 0. The highest BCUT2D eigenvalue weighted by Gasteiger charge is 2.06. The van der Waals surface area contributed by atoms with E-state index in [0.29, 0.717) is 15.2 Å². The minimum atomic E-state index is -0.611. The van der Waals surface area contributed by atoms with Crippen LogP contribution in [0.4, 0.5) is 4.39 Å². The zero-order valence-corrected chi connectivity index (χ0v) is 9.93. The molecule has 0 saturated carbocycles. The normalized spacial score (nSPS) is 9.94. The van der Waals surface area contributed by atoms with E-state index < -0.39 is 5.82 Å². The van der Waals surface area contributed by atoms with Gasteiger partial charge in [-0.25, -0.2) is 4.39 Å². The molecular weight excluding hydrogens is 265 g/mol. The van der Waals surface area contributed by atoms with Crippen LogP contribution in [-0.2, 0) is 6.61 Å². The van der Waals surface area contributed by atoms with E-state index >= 15 is 0 Å². The number of hydrogen-bond donors (Lipinski definition) is 0. The van der Waals surface area contributed by atoms with Crippen molar-refractivity contribution in [3.8, 4) is 11.8 Å². The van der Waals surface area contributed by atoms with E-state index in [9.17, 15) is 4.39 Å². The van der Waals surface area contributed by atoms with E-state index in [-0.39, 0.29) is 12.2 Å². The monoisotopic (exact) mass is 269 g/mol. The molecule has 7 heteroatoms. The highest BCUT2D eigenvalue weighted by molar-refractivity contribution is 7.15. The van der Waals surface area contributed by atoms with Crippen LogP contribution in [0.3, 0.4) is 0 Å². The van der Waals surface area contributed by atoms with E-state index in [2.05, 4.69) is 10.2 Å². The average Bonchev–Trinajstić information content (AvgIpc) is 2.73. The molecule has 0 aliphatic heterocycles. The third-order valence-corrected chi connectivity index (χ3v) is 2.86. The summed E-state index contributed by atoms with van der Waals surface area (Å²) in [6.45, 7) is 0.162. The van der Waals surface area contributed by atoms with Crippen molar-refractivity contribution < 1.29 is 9.13 Å². The van der Waals surface area contributed by atoms with Crippen LogP contribution >= 0.6 is 22.9 Å². The van der Waals surface area contributed by atoms with Crippen molar-refractivity contribution in [1.29, 1.82) is 5.26 Å². The number of rotatable bonds is 3. The zero-order chi connectivity index (χ0) is 12.3. The largest absolute Gasteiger partial charge is 0.486 e. The summed E-state index contributed by atoms with van der Waals surface area (Å²) in [6, 6.07) is 5.76. The maximum absolute atomic E-state index is 13.2. The summed E-state index contributed by atoms with van der Waals surface area (Å²) < 4.78 is 18.8. The highest BCUT2D eigenvalue weighted by atomic mass is 35.5. The molecule has 1 aromatic heterocycles. The topological polar surface area (TPSA) is 58.8 Å². The number of hydrogen-bond acceptors (Lipinski definition) is 5. The second-order valence-corrected chi connectivity index (χ2v) is 4.64. The number of benzene rings is 1. The van der Waals surface area contributed by atoms with E-state index in [0.717, 1.165) is 6.07 Å². The van der Waals surface area contributed by atoms with Crippen LogP contribution in [0.15, 0.2) is 18.2 Å².